The number of aromatic nitrogens is 1. The first-order chi connectivity index (χ1) is 9.99. The Morgan fingerprint density at radius 3 is 2.86 bits per heavy atom. The third-order valence-electron chi connectivity index (χ3n) is 2.33. The Balaban J connectivity index is 2.30. The van der Waals surface area contributed by atoms with E-state index in [1.165, 1.54) is 6.92 Å². The van der Waals surface area contributed by atoms with Gasteiger partial charge in [0.2, 0.25) is 0 Å². The summed E-state index contributed by atoms with van der Waals surface area (Å²) in [5.74, 6) is 1.71. The summed E-state index contributed by atoms with van der Waals surface area (Å²) in [5, 5.41) is 3.09. The Morgan fingerprint density at radius 1 is 1.48 bits per heavy atom. The van der Waals surface area contributed by atoms with Gasteiger partial charge in [-0.05, 0) is 44.2 Å². The van der Waals surface area contributed by atoms with Crippen molar-refractivity contribution in [3.63, 3.8) is 0 Å². The molecule has 0 atom stereocenters. The standard InChI is InChI=1S/C13H12Br2N2O3S/c1-7(18)19-13-11(4-9(20-13)6-21-2)17-12-10(15)3-8(14)5-16-12/h3-5H,6H2,1-2H3,(H,16,17). The Kier molecular flexibility index (Phi) is 5.72. The van der Waals surface area contributed by atoms with Crippen molar-refractivity contribution in [2.45, 2.75) is 12.7 Å². The van der Waals surface area contributed by atoms with E-state index in [0.29, 0.717) is 17.3 Å². The fourth-order valence-corrected chi connectivity index (χ4v) is 3.08. The molecule has 8 heteroatoms. The molecule has 0 saturated heterocycles. The maximum atomic E-state index is 11.2. The number of hydrogen-bond donors (Lipinski definition) is 1. The van der Waals surface area contributed by atoms with Crippen LogP contribution in [0.25, 0.3) is 0 Å². The van der Waals surface area contributed by atoms with Crippen LogP contribution in [0, 0.1) is 0 Å². The lowest BCUT2D eigenvalue weighted by molar-refractivity contribution is -0.133. The fourth-order valence-electron chi connectivity index (χ4n) is 1.56. The third-order valence-corrected chi connectivity index (χ3v) is 3.94. The van der Waals surface area contributed by atoms with Crippen LogP contribution >= 0.6 is 43.6 Å². The number of ether oxygens (including phenoxy) is 1. The van der Waals surface area contributed by atoms with Crippen LogP contribution in [-0.2, 0) is 10.5 Å². The molecule has 0 unspecified atom stereocenters. The van der Waals surface area contributed by atoms with Gasteiger partial charge in [0.1, 0.15) is 17.3 Å². The monoisotopic (exact) mass is 434 g/mol. The minimum atomic E-state index is -0.439. The molecule has 2 rings (SSSR count). The lowest BCUT2D eigenvalue weighted by atomic mass is 10.4. The van der Waals surface area contributed by atoms with Crippen LogP contribution in [-0.4, -0.2) is 17.2 Å². The molecule has 2 heterocycles. The van der Waals surface area contributed by atoms with Gasteiger partial charge in [-0.2, -0.15) is 11.8 Å². The number of nitrogens with one attached hydrogen (secondary N) is 1. The SMILES string of the molecule is CSCc1cc(Nc2ncc(Br)cc2Br)c(OC(C)=O)o1. The Morgan fingerprint density at radius 2 is 2.24 bits per heavy atom. The number of nitrogens with zero attached hydrogens (tertiary/aromatic N) is 1. The highest BCUT2D eigenvalue weighted by Gasteiger charge is 2.16. The van der Waals surface area contributed by atoms with Gasteiger partial charge in [0, 0.05) is 23.7 Å². The average Bonchev–Trinajstić information content (AvgIpc) is 2.74. The second-order valence-electron chi connectivity index (χ2n) is 4.05. The lowest BCUT2D eigenvalue weighted by Crippen LogP contribution is -2.03. The van der Waals surface area contributed by atoms with Gasteiger partial charge in [0.15, 0.2) is 0 Å². The predicted molar refractivity (Wildman–Crippen MR) is 90.2 cm³/mol. The van der Waals surface area contributed by atoms with Crippen LogP contribution in [0.1, 0.15) is 12.7 Å². The Bertz CT molecular complexity index is 661. The lowest BCUT2D eigenvalue weighted by Gasteiger charge is -2.07. The molecule has 2 aromatic rings. The number of furan rings is 1. The number of halogens is 2. The number of carbonyl (C=O) groups is 1. The van der Waals surface area contributed by atoms with E-state index in [-0.39, 0.29) is 5.95 Å². The van der Waals surface area contributed by atoms with Crippen LogP contribution in [0.3, 0.4) is 0 Å². The quantitative estimate of drug-likeness (QED) is 0.684. The van der Waals surface area contributed by atoms with Crippen LogP contribution in [0.15, 0.2) is 31.7 Å². The van der Waals surface area contributed by atoms with Crippen molar-refractivity contribution in [1.82, 2.24) is 4.98 Å². The summed E-state index contributed by atoms with van der Waals surface area (Å²) in [6.07, 6.45) is 3.63. The van der Waals surface area contributed by atoms with Crippen molar-refractivity contribution >= 4 is 61.1 Å². The molecule has 0 aliphatic rings. The van der Waals surface area contributed by atoms with Crippen LogP contribution in [0.2, 0.25) is 0 Å². The maximum Gasteiger partial charge on any atom is 0.317 e. The van der Waals surface area contributed by atoms with E-state index in [1.54, 1.807) is 24.0 Å². The molecule has 0 aliphatic heterocycles. The van der Waals surface area contributed by atoms with Crippen molar-refractivity contribution < 1.29 is 13.9 Å². The Labute approximate surface area is 143 Å². The minimum Gasteiger partial charge on any atom is -0.428 e. The molecule has 0 fully saturated rings. The fraction of sp³-hybridized carbons (Fsp3) is 0.231. The molecule has 1 N–H and O–H groups in total. The van der Waals surface area contributed by atoms with Crippen molar-refractivity contribution in [3.8, 4) is 5.95 Å². The van der Waals surface area contributed by atoms with Gasteiger partial charge < -0.3 is 14.5 Å². The van der Waals surface area contributed by atoms with Crippen molar-refractivity contribution in [1.29, 1.82) is 0 Å². The summed E-state index contributed by atoms with van der Waals surface area (Å²) < 4.78 is 12.2. The maximum absolute atomic E-state index is 11.2. The first kappa shape index (κ1) is 16.4. The molecule has 0 amide bonds. The highest BCUT2D eigenvalue weighted by molar-refractivity contribution is 9.11. The largest absolute Gasteiger partial charge is 0.428 e. The summed E-state index contributed by atoms with van der Waals surface area (Å²) in [7, 11) is 0. The second-order valence-corrected chi connectivity index (χ2v) is 6.69. The second kappa shape index (κ2) is 7.33. The van der Waals surface area contributed by atoms with E-state index < -0.39 is 5.97 Å². The van der Waals surface area contributed by atoms with E-state index in [2.05, 4.69) is 42.2 Å². The third kappa shape index (κ3) is 4.49. The summed E-state index contributed by atoms with van der Waals surface area (Å²) in [4.78, 5) is 15.4. The zero-order valence-electron chi connectivity index (χ0n) is 11.3. The molecule has 112 valence electrons. The number of pyridine rings is 1. The normalized spacial score (nSPS) is 10.5. The van der Waals surface area contributed by atoms with E-state index in [9.17, 15) is 4.79 Å². The van der Waals surface area contributed by atoms with Crippen LogP contribution in [0.4, 0.5) is 11.5 Å². The number of thioether (sulfide) groups is 1. The molecular weight excluding hydrogens is 424 g/mol. The zero-order valence-corrected chi connectivity index (χ0v) is 15.3. The van der Waals surface area contributed by atoms with E-state index >= 15 is 0 Å². The first-order valence-corrected chi connectivity index (χ1v) is 8.85. The van der Waals surface area contributed by atoms with Crippen LogP contribution < -0.4 is 10.1 Å². The molecular formula is C13H12Br2N2O3S. The molecule has 21 heavy (non-hydrogen) atoms. The molecule has 0 radical (unpaired) electrons. The van der Waals surface area contributed by atoms with Gasteiger partial charge in [-0.15, -0.1) is 0 Å². The number of esters is 1. The molecule has 2 aromatic heterocycles. The van der Waals surface area contributed by atoms with Gasteiger partial charge in [-0.3, -0.25) is 4.79 Å². The molecule has 0 aliphatic carbocycles. The number of carbonyl (C=O) groups excluding carboxylic acids is 1. The minimum absolute atomic E-state index is 0.142. The highest BCUT2D eigenvalue weighted by atomic mass is 79.9. The van der Waals surface area contributed by atoms with E-state index in [4.69, 9.17) is 9.15 Å². The van der Waals surface area contributed by atoms with Crippen molar-refractivity contribution in [2.24, 2.45) is 0 Å². The highest BCUT2D eigenvalue weighted by Crippen LogP contribution is 2.35. The predicted octanol–water partition coefficient (Wildman–Crippen LogP) is 4.73. The topological polar surface area (TPSA) is 64.4 Å². The molecule has 0 saturated carbocycles. The van der Waals surface area contributed by atoms with Gasteiger partial charge in [0.25, 0.3) is 0 Å². The van der Waals surface area contributed by atoms with Crippen LogP contribution in [0.5, 0.6) is 5.95 Å². The van der Waals surface area contributed by atoms with Gasteiger partial charge in [-0.25, -0.2) is 4.98 Å². The van der Waals surface area contributed by atoms with Crippen molar-refractivity contribution in [2.75, 3.05) is 11.6 Å². The first-order valence-electron chi connectivity index (χ1n) is 5.87. The summed E-state index contributed by atoms with van der Waals surface area (Å²) in [6, 6.07) is 3.66. The Hall–Kier alpha value is -0.990. The number of rotatable bonds is 5. The van der Waals surface area contributed by atoms with Gasteiger partial charge >= 0.3 is 11.9 Å². The molecule has 0 bridgehead atoms. The number of hydrogen-bond acceptors (Lipinski definition) is 6. The van der Waals surface area contributed by atoms with Gasteiger partial charge in [0.05, 0.1) is 10.2 Å². The smallest absolute Gasteiger partial charge is 0.317 e. The average molecular weight is 436 g/mol. The molecule has 0 spiro atoms. The molecule has 0 aromatic carbocycles. The summed E-state index contributed by atoms with van der Waals surface area (Å²) >= 11 is 8.38. The summed E-state index contributed by atoms with van der Waals surface area (Å²) in [6.45, 7) is 1.33. The van der Waals surface area contributed by atoms with Crippen molar-refractivity contribution in [3.05, 3.63) is 33.0 Å². The zero-order chi connectivity index (χ0) is 15.4. The van der Waals surface area contributed by atoms with E-state index in [1.807, 2.05) is 12.3 Å². The molecule has 5 nitrogen and oxygen atoms in total. The van der Waals surface area contributed by atoms with Gasteiger partial charge in [-0.1, -0.05) is 0 Å². The van der Waals surface area contributed by atoms with E-state index in [0.717, 1.165) is 14.7 Å². The summed E-state index contributed by atoms with van der Waals surface area (Å²) in [5.41, 5.74) is 0.560. The number of anilines is 2.